The summed E-state index contributed by atoms with van der Waals surface area (Å²) in [6.07, 6.45) is 3.11. The van der Waals surface area contributed by atoms with Gasteiger partial charge in [-0.15, -0.1) is 0 Å². The lowest BCUT2D eigenvalue weighted by atomic mass is 9.92. The number of unbranched alkanes of at least 4 members (excludes halogenated alkanes) is 2. The average Bonchev–Trinajstić information content (AvgIpc) is 2.30. The van der Waals surface area contributed by atoms with E-state index in [2.05, 4.69) is 6.92 Å². The van der Waals surface area contributed by atoms with Crippen LogP contribution in [0.3, 0.4) is 0 Å². The maximum absolute atomic E-state index is 11.9. The Morgan fingerprint density at radius 2 is 1.82 bits per heavy atom. The standard InChI is InChI=1S/C14H18O3/c1-2-3-5-10-12(15)13(14(16)17)11-8-6-4-7-9-11/h4,6-9,13H,2-3,5,10H2,1H3,(H,16,17). The molecule has 0 saturated heterocycles. The second-order valence-electron chi connectivity index (χ2n) is 4.11. The van der Waals surface area contributed by atoms with Gasteiger partial charge < -0.3 is 5.11 Å². The van der Waals surface area contributed by atoms with Gasteiger partial charge in [0.1, 0.15) is 5.92 Å². The molecule has 1 aromatic carbocycles. The Kier molecular flexibility index (Phi) is 5.40. The summed E-state index contributed by atoms with van der Waals surface area (Å²) in [5.41, 5.74) is 0.571. The van der Waals surface area contributed by atoms with Gasteiger partial charge in [-0.2, -0.15) is 0 Å². The van der Waals surface area contributed by atoms with Gasteiger partial charge in [-0.1, -0.05) is 50.1 Å². The number of Topliss-reactive ketones (excluding diaryl/α,β-unsaturated/α-hetero) is 1. The molecule has 0 aromatic heterocycles. The quantitative estimate of drug-likeness (QED) is 0.583. The van der Waals surface area contributed by atoms with Gasteiger partial charge in [0.2, 0.25) is 0 Å². The molecular formula is C14H18O3. The first kappa shape index (κ1) is 13.4. The van der Waals surface area contributed by atoms with Gasteiger partial charge in [-0.25, -0.2) is 0 Å². The van der Waals surface area contributed by atoms with Crippen molar-refractivity contribution in [3.8, 4) is 0 Å². The van der Waals surface area contributed by atoms with E-state index >= 15 is 0 Å². The van der Waals surface area contributed by atoms with Crippen LogP contribution in [0.25, 0.3) is 0 Å². The molecule has 0 aliphatic rings. The topological polar surface area (TPSA) is 54.4 Å². The normalized spacial score (nSPS) is 12.1. The van der Waals surface area contributed by atoms with Crippen molar-refractivity contribution in [3.63, 3.8) is 0 Å². The number of hydrogen-bond acceptors (Lipinski definition) is 2. The minimum Gasteiger partial charge on any atom is -0.480 e. The minimum absolute atomic E-state index is 0.197. The van der Waals surface area contributed by atoms with Crippen molar-refractivity contribution >= 4 is 11.8 Å². The number of rotatable bonds is 7. The largest absolute Gasteiger partial charge is 0.480 e. The molecule has 1 rings (SSSR count). The van der Waals surface area contributed by atoms with Gasteiger partial charge in [0, 0.05) is 6.42 Å². The highest BCUT2D eigenvalue weighted by atomic mass is 16.4. The summed E-state index contributed by atoms with van der Waals surface area (Å²) in [6.45, 7) is 2.05. The van der Waals surface area contributed by atoms with Gasteiger partial charge in [0.15, 0.2) is 5.78 Å². The number of carboxylic acids is 1. The Hall–Kier alpha value is -1.64. The van der Waals surface area contributed by atoms with Crippen LogP contribution in [0.2, 0.25) is 0 Å². The highest BCUT2D eigenvalue weighted by Crippen LogP contribution is 2.19. The zero-order valence-electron chi connectivity index (χ0n) is 10.1. The molecular weight excluding hydrogens is 216 g/mol. The summed E-state index contributed by atoms with van der Waals surface area (Å²) in [5, 5.41) is 9.13. The second-order valence-corrected chi connectivity index (χ2v) is 4.11. The molecule has 0 spiro atoms. The van der Waals surface area contributed by atoms with Crippen LogP contribution in [0, 0.1) is 0 Å². The molecule has 3 heteroatoms. The van der Waals surface area contributed by atoms with E-state index in [4.69, 9.17) is 5.11 Å². The van der Waals surface area contributed by atoms with E-state index in [1.165, 1.54) is 0 Å². The number of ketones is 1. The number of carboxylic acid groups (broad SMARTS) is 1. The molecule has 1 unspecified atom stereocenters. The van der Waals surface area contributed by atoms with Crippen molar-refractivity contribution in [2.24, 2.45) is 0 Å². The highest BCUT2D eigenvalue weighted by Gasteiger charge is 2.26. The van der Waals surface area contributed by atoms with Gasteiger partial charge >= 0.3 is 5.97 Å². The Labute approximate surface area is 101 Å². The third kappa shape index (κ3) is 4.02. The lowest BCUT2D eigenvalue weighted by molar-refractivity contribution is -0.142. The molecule has 92 valence electrons. The summed E-state index contributed by atoms with van der Waals surface area (Å²) < 4.78 is 0. The molecule has 0 aliphatic carbocycles. The SMILES string of the molecule is CCCCCC(=O)C(C(=O)O)c1ccccc1. The van der Waals surface area contributed by atoms with Crippen molar-refractivity contribution in [2.75, 3.05) is 0 Å². The first-order valence-corrected chi connectivity index (χ1v) is 5.97. The molecule has 0 fully saturated rings. The van der Waals surface area contributed by atoms with Crippen molar-refractivity contribution < 1.29 is 14.7 Å². The van der Waals surface area contributed by atoms with Crippen molar-refractivity contribution in [1.29, 1.82) is 0 Å². The molecule has 0 amide bonds. The van der Waals surface area contributed by atoms with Crippen molar-refractivity contribution in [2.45, 2.75) is 38.5 Å². The zero-order chi connectivity index (χ0) is 12.7. The van der Waals surface area contributed by atoms with E-state index in [1.807, 2.05) is 6.07 Å². The van der Waals surface area contributed by atoms with Gasteiger partial charge in [0.25, 0.3) is 0 Å². The first-order chi connectivity index (χ1) is 8.16. The molecule has 17 heavy (non-hydrogen) atoms. The van der Waals surface area contributed by atoms with Crippen LogP contribution in [-0.4, -0.2) is 16.9 Å². The van der Waals surface area contributed by atoms with Gasteiger partial charge in [-0.05, 0) is 12.0 Å². The van der Waals surface area contributed by atoms with E-state index in [0.29, 0.717) is 12.0 Å². The maximum atomic E-state index is 11.9. The molecule has 1 atom stereocenters. The second kappa shape index (κ2) is 6.84. The fourth-order valence-electron chi connectivity index (χ4n) is 1.81. The average molecular weight is 234 g/mol. The predicted molar refractivity (Wildman–Crippen MR) is 66.0 cm³/mol. The van der Waals surface area contributed by atoms with E-state index in [1.54, 1.807) is 24.3 Å². The fourth-order valence-corrected chi connectivity index (χ4v) is 1.81. The molecule has 0 bridgehead atoms. The molecule has 0 saturated carbocycles. The number of carbonyl (C=O) groups is 2. The van der Waals surface area contributed by atoms with Crippen LogP contribution in [0.5, 0.6) is 0 Å². The van der Waals surface area contributed by atoms with Gasteiger partial charge in [0.05, 0.1) is 0 Å². The number of benzene rings is 1. The molecule has 0 radical (unpaired) electrons. The third-order valence-corrected chi connectivity index (χ3v) is 2.73. The van der Waals surface area contributed by atoms with Crippen LogP contribution in [0.15, 0.2) is 30.3 Å². The van der Waals surface area contributed by atoms with E-state index in [9.17, 15) is 9.59 Å². The first-order valence-electron chi connectivity index (χ1n) is 5.97. The summed E-state index contributed by atoms with van der Waals surface area (Å²) >= 11 is 0. The van der Waals surface area contributed by atoms with E-state index in [-0.39, 0.29) is 5.78 Å². The minimum atomic E-state index is -1.06. The van der Waals surface area contributed by atoms with E-state index < -0.39 is 11.9 Å². The Balaban J connectivity index is 2.73. The molecule has 0 heterocycles. The molecule has 1 aromatic rings. The predicted octanol–water partition coefficient (Wildman–Crippen LogP) is 3.00. The van der Waals surface area contributed by atoms with Crippen LogP contribution in [0.4, 0.5) is 0 Å². The smallest absolute Gasteiger partial charge is 0.318 e. The third-order valence-electron chi connectivity index (χ3n) is 2.73. The number of hydrogen-bond donors (Lipinski definition) is 1. The molecule has 0 aliphatic heterocycles. The van der Waals surface area contributed by atoms with Crippen LogP contribution >= 0.6 is 0 Å². The van der Waals surface area contributed by atoms with Crippen LogP contribution in [0.1, 0.15) is 44.1 Å². The Bertz CT molecular complexity index is 370. The fraction of sp³-hybridized carbons (Fsp3) is 0.429. The van der Waals surface area contributed by atoms with Crippen molar-refractivity contribution in [3.05, 3.63) is 35.9 Å². The monoisotopic (exact) mass is 234 g/mol. The lowest BCUT2D eigenvalue weighted by Crippen LogP contribution is -2.21. The number of aliphatic carboxylic acids is 1. The Morgan fingerprint density at radius 1 is 1.18 bits per heavy atom. The Morgan fingerprint density at radius 3 is 2.35 bits per heavy atom. The van der Waals surface area contributed by atoms with Crippen LogP contribution in [-0.2, 0) is 9.59 Å². The summed E-state index contributed by atoms with van der Waals surface area (Å²) in [4.78, 5) is 23.0. The summed E-state index contributed by atoms with van der Waals surface area (Å²) in [7, 11) is 0. The summed E-state index contributed by atoms with van der Waals surface area (Å²) in [5.74, 6) is -2.26. The van der Waals surface area contributed by atoms with Crippen LogP contribution < -0.4 is 0 Å². The maximum Gasteiger partial charge on any atom is 0.318 e. The summed E-state index contributed by atoms with van der Waals surface area (Å²) in [6, 6.07) is 8.70. The van der Waals surface area contributed by atoms with Gasteiger partial charge in [-0.3, -0.25) is 9.59 Å². The highest BCUT2D eigenvalue weighted by molar-refractivity contribution is 6.03. The molecule has 3 nitrogen and oxygen atoms in total. The lowest BCUT2D eigenvalue weighted by Gasteiger charge is -2.11. The number of carbonyl (C=O) groups excluding carboxylic acids is 1. The van der Waals surface area contributed by atoms with Crippen molar-refractivity contribution in [1.82, 2.24) is 0 Å². The van der Waals surface area contributed by atoms with E-state index in [0.717, 1.165) is 19.3 Å². The zero-order valence-corrected chi connectivity index (χ0v) is 10.1. The molecule has 1 N–H and O–H groups in total.